The van der Waals surface area contributed by atoms with Gasteiger partial charge in [0.15, 0.2) is 6.10 Å². The second kappa shape index (κ2) is 7.34. The molecule has 1 heterocycles. The van der Waals surface area contributed by atoms with Crippen LogP contribution >= 0.6 is 0 Å². The maximum absolute atomic E-state index is 12.7. The molecule has 146 valence electrons. The van der Waals surface area contributed by atoms with Gasteiger partial charge in [-0.1, -0.05) is 17.7 Å². The lowest BCUT2D eigenvalue weighted by Gasteiger charge is -2.32. The Kier molecular flexibility index (Phi) is 5.09. The molecule has 2 aromatic rings. The number of amides is 2. The van der Waals surface area contributed by atoms with E-state index in [0.29, 0.717) is 11.4 Å². The van der Waals surface area contributed by atoms with E-state index in [-0.39, 0.29) is 23.7 Å². The van der Waals surface area contributed by atoms with Gasteiger partial charge in [-0.15, -0.1) is 0 Å². The van der Waals surface area contributed by atoms with Crippen LogP contribution in [0.5, 0.6) is 5.75 Å². The molecule has 1 aliphatic heterocycles. The van der Waals surface area contributed by atoms with Crippen LogP contribution in [0.1, 0.15) is 34.0 Å². The molecule has 0 bridgehead atoms. The monoisotopic (exact) mass is 382 g/mol. The first kappa shape index (κ1) is 19.4. The molecule has 1 aliphatic rings. The maximum Gasteiger partial charge on any atom is 0.335 e. The largest absolute Gasteiger partial charge is 0.479 e. The first-order valence-corrected chi connectivity index (χ1v) is 8.90. The lowest BCUT2D eigenvalue weighted by molar-refractivity contribution is -0.127. The number of anilines is 2. The number of aromatic carboxylic acids is 1. The highest BCUT2D eigenvalue weighted by Crippen LogP contribution is 2.35. The van der Waals surface area contributed by atoms with Crippen LogP contribution in [0.15, 0.2) is 30.3 Å². The number of ether oxygens (including phenoxy) is 1. The molecular weight excluding hydrogens is 360 g/mol. The van der Waals surface area contributed by atoms with Crippen LogP contribution in [-0.4, -0.2) is 35.5 Å². The van der Waals surface area contributed by atoms with Crippen LogP contribution in [0.25, 0.3) is 0 Å². The van der Waals surface area contributed by atoms with Crippen molar-refractivity contribution >= 4 is 29.2 Å². The van der Waals surface area contributed by atoms with Crippen molar-refractivity contribution in [2.75, 3.05) is 16.8 Å². The highest BCUT2D eigenvalue weighted by Gasteiger charge is 2.33. The SMILES string of the molecule is Cc1cc(C)c(NC(=O)CN2C(=O)C(C)Oc3ccc(C(=O)O)cc32)c(C)c1. The van der Waals surface area contributed by atoms with E-state index in [0.717, 1.165) is 16.7 Å². The zero-order chi connectivity index (χ0) is 20.6. The minimum Gasteiger partial charge on any atom is -0.479 e. The molecule has 2 amide bonds. The molecule has 2 N–H and O–H groups in total. The van der Waals surface area contributed by atoms with Crippen molar-refractivity contribution in [1.82, 2.24) is 0 Å². The Labute approximate surface area is 162 Å². The summed E-state index contributed by atoms with van der Waals surface area (Å²) >= 11 is 0. The summed E-state index contributed by atoms with van der Waals surface area (Å²) in [6, 6.07) is 8.19. The number of nitrogens with one attached hydrogen (secondary N) is 1. The van der Waals surface area contributed by atoms with Gasteiger partial charge in [0.2, 0.25) is 5.91 Å². The third-order valence-corrected chi connectivity index (χ3v) is 4.66. The summed E-state index contributed by atoms with van der Waals surface area (Å²) in [6.07, 6.45) is -0.765. The van der Waals surface area contributed by atoms with Gasteiger partial charge in [-0.05, 0) is 57.0 Å². The van der Waals surface area contributed by atoms with Crippen molar-refractivity contribution in [3.8, 4) is 5.75 Å². The minimum absolute atomic E-state index is 0.0142. The predicted octanol–water partition coefficient (Wildman–Crippen LogP) is 3.06. The van der Waals surface area contributed by atoms with Gasteiger partial charge in [0.05, 0.1) is 11.3 Å². The van der Waals surface area contributed by atoms with Gasteiger partial charge in [-0.3, -0.25) is 14.5 Å². The Hall–Kier alpha value is -3.35. The van der Waals surface area contributed by atoms with Crippen LogP contribution in [-0.2, 0) is 9.59 Å². The molecule has 2 aromatic carbocycles. The Morgan fingerprint density at radius 2 is 1.79 bits per heavy atom. The molecular formula is C21H22N2O5. The minimum atomic E-state index is -1.12. The van der Waals surface area contributed by atoms with E-state index < -0.39 is 18.0 Å². The molecule has 0 saturated heterocycles. The van der Waals surface area contributed by atoms with Crippen molar-refractivity contribution in [3.05, 3.63) is 52.6 Å². The fourth-order valence-electron chi connectivity index (χ4n) is 3.40. The van der Waals surface area contributed by atoms with Crippen LogP contribution in [0, 0.1) is 20.8 Å². The fourth-order valence-corrected chi connectivity index (χ4v) is 3.40. The van der Waals surface area contributed by atoms with Gasteiger partial charge in [-0.2, -0.15) is 0 Å². The molecule has 0 spiro atoms. The van der Waals surface area contributed by atoms with E-state index in [1.807, 2.05) is 32.9 Å². The number of fused-ring (bicyclic) bond motifs is 1. The van der Waals surface area contributed by atoms with Crippen molar-refractivity contribution in [1.29, 1.82) is 0 Å². The molecule has 3 rings (SSSR count). The Balaban J connectivity index is 1.89. The second-order valence-corrected chi connectivity index (χ2v) is 6.99. The number of benzene rings is 2. The molecule has 0 fully saturated rings. The summed E-state index contributed by atoms with van der Waals surface area (Å²) in [7, 11) is 0. The highest BCUT2D eigenvalue weighted by atomic mass is 16.5. The number of nitrogens with zero attached hydrogens (tertiary/aromatic N) is 1. The van der Waals surface area contributed by atoms with Gasteiger partial charge >= 0.3 is 5.97 Å². The number of carboxylic acid groups (broad SMARTS) is 1. The van der Waals surface area contributed by atoms with Gasteiger partial charge < -0.3 is 15.2 Å². The molecule has 1 unspecified atom stereocenters. The Morgan fingerprint density at radius 3 is 2.39 bits per heavy atom. The lowest BCUT2D eigenvalue weighted by atomic mass is 10.1. The average molecular weight is 382 g/mol. The van der Waals surface area contributed by atoms with Crippen molar-refractivity contribution < 1.29 is 24.2 Å². The van der Waals surface area contributed by atoms with Gasteiger partial charge in [0.1, 0.15) is 12.3 Å². The molecule has 0 aromatic heterocycles. The number of hydrogen-bond acceptors (Lipinski definition) is 4. The van der Waals surface area contributed by atoms with Gasteiger partial charge in [0, 0.05) is 5.69 Å². The predicted molar refractivity (Wildman–Crippen MR) is 105 cm³/mol. The van der Waals surface area contributed by atoms with Crippen LogP contribution in [0.3, 0.4) is 0 Å². The van der Waals surface area contributed by atoms with Gasteiger partial charge in [0.25, 0.3) is 5.91 Å². The number of hydrogen-bond donors (Lipinski definition) is 2. The molecule has 0 aliphatic carbocycles. The number of aryl methyl sites for hydroxylation is 3. The molecule has 7 nitrogen and oxygen atoms in total. The zero-order valence-electron chi connectivity index (χ0n) is 16.2. The number of carbonyl (C=O) groups excluding carboxylic acids is 2. The first-order chi connectivity index (χ1) is 13.2. The van der Waals surface area contributed by atoms with E-state index in [2.05, 4.69) is 5.32 Å². The fraction of sp³-hybridized carbons (Fsp3) is 0.286. The highest BCUT2D eigenvalue weighted by molar-refractivity contribution is 6.07. The smallest absolute Gasteiger partial charge is 0.335 e. The standard InChI is InChI=1S/C21H22N2O5/c1-11-7-12(2)19(13(3)8-11)22-18(24)10-23-16-9-15(21(26)27)5-6-17(16)28-14(4)20(23)25/h5-9,14H,10H2,1-4H3,(H,22,24)(H,26,27). The lowest BCUT2D eigenvalue weighted by Crippen LogP contribution is -2.47. The van der Waals surface area contributed by atoms with Crippen LogP contribution < -0.4 is 15.0 Å². The quantitative estimate of drug-likeness (QED) is 0.847. The van der Waals surface area contributed by atoms with Crippen molar-refractivity contribution in [3.63, 3.8) is 0 Å². The molecule has 1 atom stereocenters. The summed E-state index contributed by atoms with van der Waals surface area (Å²) < 4.78 is 5.54. The molecule has 0 radical (unpaired) electrons. The molecule has 7 heteroatoms. The summed E-state index contributed by atoms with van der Waals surface area (Å²) in [6.45, 7) is 7.15. The first-order valence-electron chi connectivity index (χ1n) is 8.90. The summed E-state index contributed by atoms with van der Waals surface area (Å²) in [4.78, 5) is 37.8. The number of carboxylic acids is 1. The van der Waals surface area contributed by atoms with Crippen molar-refractivity contribution in [2.45, 2.75) is 33.8 Å². The van der Waals surface area contributed by atoms with Gasteiger partial charge in [-0.25, -0.2) is 4.79 Å². The summed E-state index contributed by atoms with van der Waals surface area (Å²) in [5, 5.41) is 12.1. The summed E-state index contributed by atoms with van der Waals surface area (Å²) in [5.74, 6) is -1.52. The average Bonchev–Trinajstić information content (AvgIpc) is 2.61. The van der Waals surface area contributed by atoms with E-state index in [4.69, 9.17) is 4.74 Å². The summed E-state index contributed by atoms with van der Waals surface area (Å²) in [5.41, 5.74) is 3.96. The number of carbonyl (C=O) groups is 3. The topological polar surface area (TPSA) is 95.9 Å². The Morgan fingerprint density at radius 1 is 1.14 bits per heavy atom. The van der Waals surface area contributed by atoms with E-state index in [1.54, 1.807) is 6.92 Å². The maximum atomic E-state index is 12.7. The normalized spacial score (nSPS) is 15.6. The van der Waals surface area contributed by atoms with E-state index >= 15 is 0 Å². The van der Waals surface area contributed by atoms with E-state index in [9.17, 15) is 19.5 Å². The second-order valence-electron chi connectivity index (χ2n) is 6.99. The Bertz CT molecular complexity index is 960. The third-order valence-electron chi connectivity index (χ3n) is 4.66. The third kappa shape index (κ3) is 3.69. The molecule has 0 saturated carbocycles. The zero-order valence-corrected chi connectivity index (χ0v) is 16.2. The van der Waals surface area contributed by atoms with E-state index in [1.165, 1.54) is 23.1 Å². The van der Waals surface area contributed by atoms with Crippen molar-refractivity contribution in [2.24, 2.45) is 0 Å². The number of rotatable bonds is 4. The van der Waals surface area contributed by atoms with Crippen LogP contribution in [0.2, 0.25) is 0 Å². The van der Waals surface area contributed by atoms with Crippen LogP contribution in [0.4, 0.5) is 11.4 Å². The molecule has 28 heavy (non-hydrogen) atoms.